The molecule has 2 aromatic rings. The molecule has 0 bridgehead atoms. The molecule has 32 heavy (non-hydrogen) atoms. The standard InChI is InChI=1S/C24H38N6O.HI/c1-4-12-26-22(31)17-30-14-10-20(11-15-30)29-24(25-5-2)27-13-9-19-16-28-23-18(3)7-6-8-21(19)23;/h6-8,16,20,28H,4-5,9-15,17H2,1-3H3,(H,26,31)(H2,25,27,29);1H. The molecule has 7 nitrogen and oxygen atoms in total. The molecule has 0 spiro atoms. The van der Waals surface area contributed by atoms with Crippen LogP contribution in [0.25, 0.3) is 10.9 Å². The number of para-hydroxylation sites is 1. The number of likely N-dealkylation sites (tertiary alicyclic amines) is 1. The number of aliphatic imine (C=N–C) groups is 1. The van der Waals surface area contributed by atoms with E-state index in [0.29, 0.717) is 12.6 Å². The van der Waals surface area contributed by atoms with Gasteiger partial charge in [0.25, 0.3) is 0 Å². The number of amides is 1. The largest absolute Gasteiger partial charge is 0.361 e. The summed E-state index contributed by atoms with van der Waals surface area (Å²) in [5.41, 5.74) is 3.81. The van der Waals surface area contributed by atoms with Crippen LogP contribution in [0.1, 0.15) is 44.2 Å². The van der Waals surface area contributed by atoms with Gasteiger partial charge < -0.3 is 20.9 Å². The maximum atomic E-state index is 11.9. The highest BCUT2D eigenvalue weighted by Gasteiger charge is 2.21. The summed E-state index contributed by atoms with van der Waals surface area (Å²) in [4.78, 5) is 22.4. The lowest BCUT2D eigenvalue weighted by Crippen LogP contribution is -2.50. The molecule has 1 amide bonds. The van der Waals surface area contributed by atoms with E-state index in [4.69, 9.17) is 4.99 Å². The number of aromatic nitrogens is 1. The van der Waals surface area contributed by atoms with Gasteiger partial charge in [0.1, 0.15) is 0 Å². The fourth-order valence-electron chi connectivity index (χ4n) is 4.13. The molecular weight excluding hydrogens is 515 g/mol. The minimum Gasteiger partial charge on any atom is -0.361 e. The van der Waals surface area contributed by atoms with Crippen molar-refractivity contribution in [2.45, 2.75) is 52.5 Å². The number of carbonyl (C=O) groups is 1. The van der Waals surface area contributed by atoms with Crippen LogP contribution in [0.3, 0.4) is 0 Å². The number of guanidine groups is 1. The van der Waals surface area contributed by atoms with Gasteiger partial charge in [0.05, 0.1) is 6.54 Å². The number of aromatic amines is 1. The Bertz CT molecular complexity index is 872. The number of aryl methyl sites for hydroxylation is 1. The first kappa shape index (κ1) is 26.4. The van der Waals surface area contributed by atoms with Crippen molar-refractivity contribution in [3.63, 3.8) is 0 Å². The first-order valence-electron chi connectivity index (χ1n) is 11.7. The molecule has 4 N–H and O–H groups in total. The Morgan fingerprint density at radius 3 is 2.72 bits per heavy atom. The van der Waals surface area contributed by atoms with Gasteiger partial charge in [0.2, 0.25) is 5.91 Å². The molecular formula is C24H39IN6O. The summed E-state index contributed by atoms with van der Waals surface area (Å²) >= 11 is 0. The topological polar surface area (TPSA) is 84.6 Å². The Balaban J connectivity index is 0.00000363. The second-order valence-electron chi connectivity index (χ2n) is 8.37. The van der Waals surface area contributed by atoms with Gasteiger partial charge in [-0.2, -0.15) is 0 Å². The lowest BCUT2D eigenvalue weighted by Gasteiger charge is -2.32. The van der Waals surface area contributed by atoms with Crippen LogP contribution >= 0.6 is 24.0 Å². The van der Waals surface area contributed by atoms with Crippen LogP contribution in [-0.4, -0.2) is 67.1 Å². The summed E-state index contributed by atoms with van der Waals surface area (Å²) < 4.78 is 0. The Hall–Kier alpha value is -1.81. The summed E-state index contributed by atoms with van der Waals surface area (Å²) in [5.74, 6) is 1.02. The summed E-state index contributed by atoms with van der Waals surface area (Å²) in [5, 5.41) is 11.2. The summed E-state index contributed by atoms with van der Waals surface area (Å²) in [6.07, 6.45) is 6.04. The van der Waals surface area contributed by atoms with Gasteiger partial charge in [-0.15, -0.1) is 24.0 Å². The van der Waals surface area contributed by atoms with E-state index >= 15 is 0 Å². The van der Waals surface area contributed by atoms with Gasteiger partial charge in [-0.3, -0.25) is 14.7 Å². The minimum atomic E-state index is 0. The van der Waals surface area contributed by atoms with Crippen molar-refractivity contribution in [2.75, 3.05) is 39.3 Å². The van der Waals surface area contributed by atoms with Crippen molar-refractivity contribution >= 4 is 46.7 Å². The number of piperidine rings is 1. The van der Waals surface area contributed by atoms with E-state index < -0.39 is 0 Å². The summed E-state index contributed by atoms with van der Waals surface area (Å²) in [6.45, 7) is 11.0. The van der Waals surface area contributed by atoms with Crippen molar-refractivity contribution in [1.82, 2.24) is 25.8 Å². The molecule has 1 fully saturated rings. The van der Waals surface area contributed by atoms with Gasteiger partial charge in [0, 0.05) is 55.9 Å². The molecule has 8 heteroatoms. The number of nitrogens with zero attached hydrogens (tertiary/aromatic N) is 2. The number of benzene rings is 1. The second kappa shape index (κ2) is 13.7. The van der Waals surface area contributed by atoms with Crippen molar-refractivity contribution in [3.8, 4) is 0 Å². The van der Waals surface area contributed by atoms with Gasteiger partial charge in [-0.05, 0) is 50.7 Å². The molecule has 178 valence electrons. The Morgan fingerprint density at radius 2 is 2.00 bits per heavy atom. The summed E-state index contributed by atoms with van der Waals surface area (Å²) in [7, 11) is 0. The maximum Gasteiger partial charge on any atom is 0.234 e. The number of fused-ring (bicyclic) bond motifs is 1. The van der Waals surface area contributed by atoms with Crippen molar-refractivity contribution in [1.29, 1.82) is 0 Å². The average Bonchev–Trinajstić information content (AvgIpc) is 3.18. The highest BCUT2D eigenvalue weighted by molar-refractivity contribution is 14.0. The Morgan fingerprint density at radius 1 is 1.22 bits per heavy atom. The second-order valence-corrected chi connectivity index (χ2v) is 8.37. The molecule has 0 unspecified atom stereocenters. The molecule has 0 radical (unpaired) electrons. The van der Waals surface area contributed by atoms with E-state index in [2.05, 4.69) is 71.0 Å². The smallest absolute Gasteiger partial charge is 0.234 e. The fourth-order valence-corrected chi connectivity index (χ4v) is 4.13. The van der Waals surface area contributed by atoms with Crippen LogP contribution in [0, 0.1) is 6.92 Å². The predicted molar refractivity (Wildman–Crippen MR) is 144 cm³/mol. The van der Waals surface area contributed by atoms with Gasteiger partial charge in [0.15, 0.2) is 5.96 Å². The highest BCUT2D eigenvalue weighted by atomic mass is 127. The first-order chi connectivity index (χ1) is 15.1. The van der Waals surface area contributed by atoms with Crippen LogP contribution in [0.4, 0.5) is 0 Å². The Kier molecular flexibility index (Phi) is 11.3. The highest BCUT2D eigenvalue weighted by Crippen LogP contribution is 2.21. The van der Waals surface area contributed by atoms with E-state index in [0.717, 1.165) is 64.4 Å². The number of hydrogen-bond donors (Lipinski definition) is 4. The minimum absolute atomic E-state index is 0. The zero-order valence-electron chi connectivity index (χ0n) is 19.7. The number of H-pyrrole nitrogens is 1. The molecule has 1 aromatic carbocycles. The number of carbonyl (C=O) groups excluding carboxylic acids is 1. The normalized spacial score (nSPS) is 15.4. The maximum absolute atomic E-state index is 11.9. The van der Waals surface area contributed by atoms with E-state index in [1.807, 2.05) is 0 Å². The molecule has 1 aliphatic heterocycles. The predicted octanol–water partition coefficient (Wildman–Crippen LogP) is 3.18. The number of halogens is 1. The van der Waals surface area contributed by atoms with Gasteiger partial charge in [-0.1, -0.05) is 25.1 Å². The van der Waals surface area contributed by atoms with Crippen LogP contribution in [0.5, 0.6) is 0 Å². The monoisotopic (exact) mass is 554 g/mol. The van der Waals surface area contributed by atoms with Gasteiger partial charge >= 0.3 is 0 Å². The third kappa shape index (κ3) is 7.65. The molecule has 0 saturated carbocycles. The van der Waals surface area contributed by atoms with Crippen LogP contribution in [-0.2, 0) is 11.2 Å². The van der Waals surface area contributed by atoms with Crippen LogP contribution in [0.2, 0.25) is 0 Å². The molecule has 2 heterocycles. The zero-order chi connectivity index (χ0) is 22.1. The zero-order valence-corrected chi connectivity index (χ0v) is 22.0. The average molecular weight is 555 g/mol. The quantitative estimate of drug-likeness (QED) is 0.218. The van der Waals surface area contributed by atoms with Gasteiger partial charge in [-0.25, -0.2) is 0 Å². The SMILES string of the molecule is CCCNC(=O)CN1CCC(NC(=NCCc2c[nH]c3c(C)cccc23)NCC)CC1.I. The van der Waals surface area contributed by atoms with Crippen molar-refractivity contribution in [3.05, 3.63) is 35.5 Å². The van der Waals surface area contributed by atoms with E-state index in [-0.39, 0.29) is 29.9 Å². The summed E-state index contributed by atoms with van der Waals surface area (Å²) in [6, 6.07) is 6.82. The lowest BCUT2D eigenvalue weighted by molar-refractivity contribution is -0.122. The molecule has 1 aromatic heterocycles. The third-order valence-corrected chi connectivity index (χ3v) is 5.87. The molecule has 1 aliphatic rings. The lowest BCUT2D eigenvalue weighted by atomic mass is 10.1. The van der Waals surface area contributed by atoms with Crippen molar-refractivity contribution in [2.24, 2.45) is 4.99 Å². The number of nitrogens with one attached hydrogen (secondary N) is 4. The van der Waals surface area contributed by atoms with Crippen molar-refractivity contribution < 1.29 is 4.79 Å². The molecule has 3 rings (SSSR count). The van der Waals surface area contributed by atoms with Crippen LogP contribution < -0.4 is 16.0 Å². The molecule has 0 aliphatic carbocycles. The van der Waals surface area contributed by atoms with E-state index in [9.17, 15) is 4.79 Å². The van der Waals surface area contributed by atoms with Crippen LogP contribution in [0.15, 0.2) is 29.4 Å². The Labute approximate surface area is 209 Å². The fraction of sp³-hybridized carbons (Fsp3) is 0.583. The van der Waals surface area contributed by atoms with E-state index in [1.165, 1.54) is 22.0 Å². The first-order valence-corrected chi connectivity index (χ1v) is 11.7. The molecule has 0 atom stereocenters. The third-order valence-electron chi connectivity index (χ3n) is 5.87. The molecule has 1 saturated heterocycles. The number of rotatable bonds is 9. The number of hydrogen-bond acceptors (Lipinski definition) is 3. The van der Waals surface area contributed by atoms with E-state index in [1.54, 1.807) is 0 Å².